The van der Waals surface area contributed by atoms with Gasteiger partial charge in [-0.25, -0.2) is 0 Å². The summed E-state index contributed by atoms with van der Waals surface area (Å²) in [5.41, 5.74) is 0. The van der Waals surface area contributed by atoms with Crippen LogP contribution in [0.15, 0.2) is 0 Å². The van der Waals surface area contributed by atoms with Gasteiger partial charge in [-0.1, -0.05) is 39.0 Å². The van der Waals surface area contributed by atoms with Crippen LogP contribution in [0.1, 0.15) is 52.4 Å². The molecule has 0 saturated heterocycles. The van der Waals surface area contributed by atoms with Crippen molar-refractivity contribution in [1.82, 2.24) is 4.90 Å². The Morgan fingerprint density at radius 3 is 2.25 bits per heavy atom. The monoisotopic (exact) mass is 229 g/mol. The Kier molecular flexibility index (Phi) is 9.30. The first kappa shape index (κ1) is 15.4. The second kappa shape index (κ2) is 9.64. The molecule has 0 aliphatic rings. The first-order valence-electron chi connectivity index (χ1n) is 6.42. The Morgan fingerprint density at radius 1 is 1.12 bits per heavy atom. The molecule has 0 spiro atoms. The van der Waals surface area contributed by atoms with Gasteiger partial charge in [0.1, 0.15) is 6.10 Å². The van der Waals surface area contributed by atoms with E-state index in [9.17, 15) is 4.79 Å². The van der Waals surface area contributed by atoms with E-state index in [0.29, 0.717) is 6.61 Å². The van der Waals surface area contributed by atoms with Crippen LogP contribution in [-0.4, -0.2) is 37.6 Å². The summed E-state index contributed by atoms with van der Waals surface area (Å²) < 4.78 is 5.48. The van der Waals surface area contributed by atoms with Gasteiger partial charge in [-0.15, -0.1) is 0 Å². The number of hydrogen-bond acceptors (Lipinski definition) is 2. The number of nitrogens with zero attached hydrogens (tertiary/aromatic N) is 1. The molecule has 96 valence electrons. The summed E-state index contributed by atoms with van der Waals surface area (Å²) in [5.74, 6) is 0.0472. The van der Waals surface area contributed by atoms with Gasteiger partial charge in [-0.2, -0.15) is 0 Å². The molecule has 3 heteroatoms. The first-order chi connectivity index (χ1) is 7.59. The zero-order chi connectivity index (χ0) is 12.4. The topological polar surface area (TPSA) is 29.5 Å². The molecular weight excluding hydrogens is 202 g/mol. The second-order valence-corrected chi connectivity index (χ2v) is 4.51. The third-order valence-electron chi connectivity index (χ3n) is 2.65. The van der Waals surface area contributed by atoms with Gasteiger partial charge in [-0.05, 0) is 13.3 Å². The van der Waals surface area contributed by atoms with Gasteiger partial charge >= 0.3 is 0 Å². The van der Waals surface area contributed by atoms with Gasteiger partial charge in [0.25, 0.3) is 5.91 Å². The highest BCUT2D eigenvalue weighted by atomic mass is 16.5. The smallest absolute Gasteiger partial charge is 0.250 e. The molecule has 0 radical (unpaired) electrons. The first-order valence-corrected chi connectivity index (χ1v) is 6.42. The summed E-state index contributed by atoms with van der Waals surface area (Å²) in [5, 5.41) is 0. The Hall–Kier alpha value is -0.570. The minimum atomic E-state index is -0.300. The highest BCUT2D eigenvalue weighted by molar-refractivity contribution is 5.79. The highest BCUT2D eigenvalue weighted by Gasteiger charge is 2.14. The predicted molar refractivity (Wildman–Crippen MR) is 67.5 cm³/mol. The maximum Gasteiger partial charge on any atom is 0.250 e. The van der Waals surface area contributed by atoms with Gasteiger partial charge in [0, 0.05) is 20.7 Å². The van der Waals surface area contributed by atoms with Crippen molar-refractivity contribution < 1.29 is 9.53 Å². The van der Waals surface area contributed by atoms with Crippen LogP contribution in [0.4, 0.5) is 0 Å². The standard InChI is InChI=1S/C13H27NO2/c1-5-6-7-8-9-10-11-16-12(2)13(15)14(3)4/h12H,5-11H2,1-4H3. The Morgan fingerprint density at radius 2 is 1.69 bits per heavy atom. The molecule has 1 atom stereocenters. The third-order valence-corrected chi connectivity index (χ3v) is 2.65. The molecule has 0 bridgehead atoms. The van der Waals surface area contributed by atoms with E-state index in [1.807, 2.05) is 6.92 Å². The average molecular weight is 229 g/mol. The van der Waals surface area contributed by atoms with Gasteiger partial charge in [0.15, 0.2) is 0 Å². The van der Waals surface area contributed by atoms with Crippen molar-refractivity contribution in [1.29, 1.82) is 0 Å². The van der Waals surface area contributed by atoms with E-state index in [1.54, 1.807) is 19.0 Å². The lowest BCUT2D eigenvalue weighted by atomic mass is 10.1. The lowest BCUT2D eigenvalue weighted by Crippen LogP contribution is -2.33. The normalized spacial score (nSPS) is 12.5. The summed E-state index contributed by atoms with van der Waals surface area (Å²) in [6.45, 7) is 4.74. The number of rotatable bonds is 9. The predicted octanol–water partition coefficient (Wildman–Crippen LogP) is 2.84. The van der Waals surface area contributed by atoms with Crippen LogP contribution >= 0.6 is 0 Å². The fourth-order valence-corrected chi connectivity index (χ4v) is 1.58. The number of carbonyl (C=O) groups is 1. The second-order valence-electron chi connectivity index (χ2n) is 4.51. The quantitative estimate of drug-likeness (QED) is 0.569. The number of amides is 1. The Bertz CT molecular complexity index is 181. The minimum absolute atomic E-state index is 0.0472. The van der Waals surface area contributed by atoms with E-state index in [-0.39, 0.29) is 12.0 Å². The van der Waals surface area contributed by atoms with Crippen LogP contribution in [0.5, 0.6) is 0 Å². The molecule has 0 rings (SSSR count). The minimum Gasteiger partial charge on any atom is -0.369 e. The zero-order valence-electron chi connectivity index (χ0n) is 11.3. The molecule has 0 aliphatic heterocycles. The van der Waals surface area contributed by atoms with Crippen molar-refractivity contribution in [2.24, 2.45) is 0 Å². The van der Waals surface area contributed by atoms with Crippen molar-refractivity contribution in [3.8, 4) is 0 Å². The SMILES string of the molecule is CCCCCCCCOC(C)C(=O)N(C)C. The van der Waals surface area contributed by atoms with Crippen LogP contribution in [0.3, 0.4) is 0 Å². The van der Waals surface area contributed by atoms with Gasteiger partial charge in [0.2, 0.25) is 0 Å². The van der Waals surface area contributed by atoms with Crippen molar-refractivity contribution in [3.05, 3.63) is 0 Å². The molecule has 0 fully saturated rings. The Balaban J connectivity index is 3.34. The number of likely N-dealkylation sites (N-methyl/N-ethyl adjacent to an activating group) is 1. The summed E-state index contributed by atoms with van der Waals surface area (Å²) in [6.07, 6.45) is 7.19. The van der Waals surface area contributed by atoms with Crippen molar-refractivity contribution in [2.45, 2.75) is 58.5 Å². The zero-order valence-corrected chi connectivity index (χ0v) is 11.3. The van der Waals surface area contributed by atoms with E-state index >= 15 is 0 Å². The lowest BCUT2D eigenvalue weighted by Gasteiger charge is -2.17. The van der Waals surface area contributed by atoms with Crippen LogP contribution in [0.2, 0.25) is 0 Å². The van der Waals surface area contributed by atoms with Crippen molar-refractivity contribution in [2.75, 3.05) is 20.7 Å². The summed E-state index contributed by atoms with van der Waals surface area (Å²) in [4.78, 5) is 13.0. The fourth-order valence-electron chi connectivity index (χ4n) is 1.58. The largest absolute Gasteiger partial charge is 0.369 e. The molecule has 16 heavy (non-hydrogen) atoms. The molecule has 1 amide bonds. The molecule has 0 aromatic heterocycles. The highest BCUT2D eigenvalue weighted by Crippen LogP contribution is 2.06. The van der Waals surface area contributed by atoms with Crippen LogP contribution in [-0.2, 0) is 9.53 Å². The third kappa shape index (κ3) is 7.69. The van der Waals surface area contributed by atoms with E-state index in [1.165, 1.54) is 32.1 Å². The van der Waals surface area contributed by atoms with E-state index < -0.39 is 0 Å². The molecular formula is C13H27NO2. The van der Waals surface area contributed by atoms with E-state index in [0.717, 1.165) is 6.42 Å². The number of carbonyl (C=O) groups excluding carboxylic acids is 1. The lowest BCUT2D eigenvalue weighted by molar-refractivity contribution is -0.140. The van der Waals surface area contributed by atoms with Crippen LogP contribution in [0, 0.1) is 0 Å². The number of unbranched alkanes of at least 4 members (excludes halogenated alkanes) is 5. The van der Waals surface area contributed by atoms with Crippen molar-refractivity contribution in [3.63, 3.8) is 0 Å². The molecule has 0 saturated carbocycles. The van der Waals surface area contributed by atoms with Crippen LogP contribution < -0.4 is 0 Å². The summed E-state index contributed by atoms with van der Waals surface area (Å²) >= 11 is 0. The number of ether oxygens (including phenoxy) is 1. The fraction of sp³-hybridized carbons (Fsp3) is 0.923. The number of hydrogen-bond donors (Lipinski definition) is 0. The van der Waals surface area contributed by atoms with Gasteiger partial charge in [-0.3, -0.25) is 4.79 Å². The summed E-state index contributed by atoms with van der Waals surface area (Å²) in [7, 11) is 3.51. The molecule has 0 N–H and O–H groups in total. The van der Waals surface area contributed by atoms with Gasteiger partial charge in [0.05, 0.1) is 0 Å². The Labute approximate surface area is 100 Å². The molecule has 0 heterocycles. The maximum absolute atomic E-state index is 11.4. The van der Waals surface area contributed by atoms with Crippen LogP contribution in [0.25, 0.3) is 0 Å². The summed E-state index contributed by atoms with van der Waals surface area (Å²) in [6, 6.07) is 0. The van der Waals surface area contributed by atoms with E-state index in [4.69, 9.17) is 4.74 Å². The van der Waals surface area contributed by atoms with E-state index in [2.05, 4.69) is 6.92 Å². The van der Waals surface area contributed by atoms with Crippen molar-refractivity contribution >= 4 is 5.91 Å². The average Bonchev–Trinajstić information content (AvgIpc) is 2.26. The molecule has 0 aromatic rings. The molecule has 0 aliphatic carbocycles. The molecule has 0 aromatic carbocycles. The molecule has 3 nitrogen and oxygen atoms in total. The molecule has 1 unspecified atom stereocenters. The maximum atomic E-state index is 11.4. The van der Waals surface area contributed by atoms with Gasteiger partial charge < -0.3 is 9.64 Å².